The number of benzene rings is 1. The molecule has 0 spiro atoms. The van der Waals surface area contributed by atoms with Gasteiger partial charge in [-0.2, -0.15) is 8.78 Å². The molecule has 3 N–H and O–H groups in total. The van der Waals surface area contributed by atoms with Crippen LogP contribution in [0.3, 0.4) is 0 Å². The minimum absolute atomic E-state index is 0.0894. The van der Waals surface area contributed by atoms with Gasteiger partial charge >= 0.3 is 18.7 Å². The van der Waals surface area contributed by atoms with Crippen molar-refractivity contribution in [1.29, 1.82) is 0 Å². The number of nitrogens with zero attached hydrogens (tertiary/aromatic N) is 1. The van der Waals surface area contributed by atoms with Gasteiger partial charge in [0.15, 0.2) is 5.75 Å². The van der Waals surface area contributed by atoms with Gasteiger partial charge in [-0.1, -0.05) is 0 Å². The third-order valence-corrected chi connectivity index (χ3v) is 3.72. The Labute approximate surface area is 173 Å². The van der Waals surface area contributed by atoms with Gasteiger partial charge in [-0.05, 0) is 58.9 Å². The number of anilines is 1. The summed E-state index contributed by atoms with van der Waals surface area (Å²) in [6.07, 6.45) is 0.847. The second-order valence-electron chi connectivity index (χ2n) is 8.21. The van der Waals surface area contributed by atoms with E-state index in [1.807, 2.05) is 0 Å². The summed E-state index contributed by atoms with van der Waals surface area (Å²) in [5.74, 6) is -0.0894. The Morgan fingerprint density at radius 1 is 1.13 bits per heavy atom. The molecule has 0 unspecified atom stereocenters. The van der Waals surface area contributed by atoms with Gasteiger partial charge in [-0.25, -0.2) is 9.59 Å². The number of nitrogens with one attached hydrogen (secondary N) is 3. The molecule has 3 amide bonds. The standard InChI is InChI=1S/C20H26F2N4O4/c1-19(2,3)30-18(28)24-11-20(4,5)26-17(27)25-13-8-9-14(29-16(21)22)15-12(13)7-6-10-23-15/h6-10,16H,11H2,1-5H3,(H,24,28)(H2,25,26,27). The van der Waals surface area contributed by atoms with Gasteiger partial charge in [-0.3, -0.25) is 4.98 Å². The molecule has 0 saturated carbocycles. The van der Waals surface area contributed by atoms with Crippen LogP contribution in [0.1, 0.15) is 34.6 Å². The summed E-state index contributed by atoms with van der Waals surface area (Å²) in [5.41, 5.74) is -0.864. The van der Waals surface area contributed by atoms with E-state index in [4.69, 9.17) is 4.74 Å². The van der Waals surface area contributed by atoms with Crippen LogP contribution in [0.25, 0.3) is 10.9 Å². The molecule has 0 atom stereocenters. The van der Waals surface area contributed by atoms with Crippen molar-refractivity contribution >= 4 is 28.7 Å². The number of carbonyl (C=O) groups excluding carboxylic acids is 2. The Balaban J connectivity index is 2.05. The minimum Gasteiger partial charge on any atom is -0.444 e. The summed E-state index contributed by atoms with van der Waals surface area (Å²) in [7, 11) is 0. The summed E-state index contributed by atoms with van der Waals surface area (Å²) in [6, 6.07) is 5.47. The summed E-state index contributed by atoms with van der Waals surface area (Å²) >= 11 is 0. The Morgan fingerprint density at radius 2 is 1.83 bits per heavy atom. The number of carbonyl (C=O) groups is 2. The molecule has 0 aliphatic heterocycles. The van der Waals surface area contributed by atoms with E-state index in [0.717, 1.165) is 0 Å². The highest BCUT2D eigenvalue weighted by molar-refractivity contribution is 6.02. The molecule has 0 saturated heterocycles. The minimum atomic E-state index is -2.99. The summed E-state index contributed by atoms with van der Waals surface area (Å²) < 4.78 is 34.8. The number of alkyl carbamates (subject to hydrolysis) is 1. The molecule has 164 valence electrons. The maximum Gasteiger partial charge on any atom is 0.407 e. The highest BCUT2D eigenvalue weighted by Crippen LogP contribution is 2.30. The lowest BCUT2D eigenvalue weighted by atomic mass is 10.1. The zero-order valence-corrected chi connectivity index (χ0v) is 17.5. The Kier molecular flexibility index (Phi) is 7.01. The van der Waals surface area contributed by atoms with Crippen LogP contribution >= 0.6 is 0 Å². The van der Waals surface area contributed by atoms with Crippen molar-refractivity contribution in [3.05, 3.63) is 30.5 Å². The molecule has 1 aromatic carbocycles. The van der Waals surface area contributed by atoms with Crippen LogP contribution in [-0.2, 0) is 4.74 Å². The molecular weight excluding hydrogens is 398 g/mol. The highest BCUT2D eigenvalue weighted by atomic mass is 19.3. The average Bonchev–Trinajstić information content (AvgIpc) is 2.60. The predicted octanol–water partition coefficient (Wildman–Crippen LogP) is 4.26. The van der Waals surface area contributed by atoms with Gasteiger partial charge in [-0.15, -0.1) is 0 Å². The van der Waals surface area contributed by atoms with E-state index in [-0.39, 0.29) is 17.8 Å². The van der Waals surface area contributed by atoms with E-state index < -0.39 is 29.9 Å². The fourth-order valence-electron chi connectivity index (χ4n) is 2.56. The van der Waals surface area contributed by atoms with Gasteiger partial charge < -0.3 is 25.4 Å². The van der Waals surface area contributed by atoms with Crippen LogP contribution in [0, 0.1) is 0 Å². The first-order valence-electron chi connectivity index (χ1n) is 9.25. The first-order valence-corrected chi connectivity index (χ1v) is 9.25. The van der Waals surface area contributed by atoms with Gasteiger partial charge in [0.25, 0.3) is 0 Å². The maximum absolute atomic E-state index is 12.6. The number of hydrogen-bond donors (Lipinski definition) is 3. The zero-order chi connectivity index (χ0) is 22.5. The van der Waals surface area contributed by atoms with Crippen molar-refractivity contribution in [3.63, 3.8) is 0 Å². The van der Waals surface area contributed by atoms with Crippen LogP contribution in [0.5, 0.6) is 5.75 Å². The van der Waals surface area contributed by atoms with Gasteiger partial charge in [0.1, 0.15) is 11.1 Å². The molecule has 30 heavy (non-hydrogen) atoms. The van der Waals surface area contributed by atoms with E-state index in [9.17, 15) is 18.4 Å². The Morgan fingerprint density at radius 3 is 2.47 bits per heavy atom. The number of aromatic nitrogens is 1. The number of amides is 3. The van der Waals surface area contributed by atoms with Gasteiger partial charge in [0.2, 0.25) is 0 Å². The number of fused-ring (bicyclic) bond motifs is 1. The molecule has 2 aromatic rings. The van der Waals surface area contributed by atoms with Crippen LogP contribution < -0.4 is 20.7 Å². The molecule has 0 bridgehead atoms. The number of urea groups is 1. The molecule has 1 heterocycles. The maximum atomic E-state index is 12.6. The molecule has 10 heteroatoms. The molecule has 0 aliphatic rings. The topological polar surface area (TPSA) is 102 Å². The lowest BCUT2D eigenvalue weighted by Crippen LogP contribution is -2.53. The number of pyridine rings is 1. The normalized spacial score (nSPS) is 11.9. The average molecular weight is 424 g/mol. The van der Waals surface area contributed by atoms with E-state index in [0.29, 0.717) is 11.1 Å². The monoisotopic (exact) mass is 424 g/mol. The van der Waals surface area contributed by atoms with Gasteiger partial charge in [0.05, 0.1) is 11.2 Å². The van der Waals surface area contributed by atoms with E-state index in [1.54, 1.807) is 46.8 Å². The fourth-order valence-corrected chi connectivity index (χ4v) is 2.56. The number of ether oxygens (including phenoxy) is 2. The molecular formula is C20H26F2N4O4. The first kappa shape index (κ1) is 23.1. The number of halogens is 2. The quantitative estimate of drug-likeness (QED) is 0.643. The van der Waals surface area contributed by atoms with Crippen molar-refractivity contribution in [3.8, 4) is 5.75 Å². The van der Waals surface area contributed by atoms with E-state index in [1.165, 1.54) is 18.3 Å². The molecule has 0 radical (unpaired) electrons. The molecule has 0 fully saturated rings. The molecule has 1 aromatic heterocycles. The Hall–Kier alpha value is -3.17. The highest BCUT2D eigenvalue weighted by Gasteiger charge is 2.24. The van der Waals surface area contributed by atoms with Crippen LogP contribution in [0.2, 0.25) is 0 Å². The van der Waals surface area contributed by atoms with Crippen molar-refractivity contribution in [2.75, 3.05) is 11.9 Å². The fraction of sp³-hybridized carbons (Fsp3) is 0.450. The van der Waals surface area contributed by atoms with Crippen molar-refractivity contribution in [1.82, 2.24) is 15.6 Å². The summed E-state index contributed by atoms with van der Waals surface area (Å²) in [4.78, 5) is 28.3. The van der Waals surface area contributed by atoms with Crippen LogP contribution in [-0.4, -0.2) is 41.4 Å². The van der Waals surface area contributed by atoms with Crippen LogP contribution in [0.15, 0.2) is 30.5 Å². The predicted molar refractivity (Wildman–Crippen MR) is 109 cm³/mol. The molecule has 0 aliphatic carbocycles. The third kappa shape index (κ3) is 7.02. The van der Waals surface area contributed by atoms with Gasteiger partial charge in [0, 0.05) is 18.1 Å². The lowest BCUT2D eigenvalue weighted by Gasteiger charge is -2.28. The number of hydrogen-bond acceptors (Lipinski definition) is 5. The van der Waals surface area contributed by atoms with E-state index in [2.05, 4.69) is 25.7 Å². The van der Waals surface area contributed by atoms with Crippen molar-refractivity contribution in [2.24, 2.45) is 0 Å². The van der Waals surface area contributed by atoms with Crippen molar-refractivity contribution < 1.29 is 27.8 Å². The lowest BCUT2D eigenvalue weighted by molar-refractivity contribution is -0.0489. The SMILES string of the molecule is CC(C)(CNC(=O)OC(C)(C)C)NC(=O)Nc1ccc(OC(F)F)c2ncccc12. The largest absolute Gasteiger partial charge is 0.444 e. The molecule has 2 rings (SSSR count). The Bertz CT molecular complexity index is 913. The number of alkyl halides is 2. The summed E-state index contributed by atoms with van der Waals surface area (Å²) in [6.45, 7) is 5.84. The first-order chi connectivity index (χ1) is 13.9. The third-order valence-electron chi connectivity index (χ3n) is 3.72. The molecule has 8 nitrogen and oxygen atoms in total. The van der Waals surface area contributed by atoms with Crippen molar-refractivity contribution in [2.45, 2.75) is 52.4 Å². The second-order valence-corrected chi connectivity index (χ2v) is 8.21. The summed E-state index contributed by atoms with van der Waals surface area (Å²) in [5, 5.41) is 8.46. The number of rotatable bonds is 6. The second kappa shape index (κ2) is 9.10. The smallest absolute Gasteiger partial charge is 0.407 e. The van der Waals surface area contributed by atoms with E-state index >= 15 is 0 Å². The van der Waals surface area contributed by atoms with Crippen LogP contribution in [0.4, 0.5) is 24.1 Å². The zero-order valence-electron chi connectivity index (χ0n) is 17.5.